The van der Waals surface area contributed by atoms with Crippen molar-refractivity contribution in [3.63, 3.8) is 0 Å². The zero-order chi connectivity index (χ0) is 15.0. The second-order valence-electron chi connectivity index (χ2n) is 5.52. The summed E-state index contributed by atoms with van der Waals surface area (Å²) >= 11 is 0. The Labute approximate surface area is 120 Å². The molecule has 3 heterocycles. The van der Waals surface area contributed by atoms with Crippen molar-refractivity contribution in [2.45, 2.75) is 37.8 Å². The molecule has 21 heavy (non-hydrogen) atoms. The van der Waals surface area contributed by atoms with Gasteiger partial charge < -0.3 is 14.6 Å². The number of fused-ring (bicyclic) bond motifs is 1. The van der Waals surface area contributed by atoms with Crippen molar-refractivity contribution in [3.05, 3.63) is 11.6 Å². The molecule has 0 saturated carbocycles. The number of aromatic nitrogens is 3. The van der Waals surface area contributed by atoms with E-state index in [-0.39, 0.29) is 12.6 Å². The molecule has 1 saturated heterocycles. The molecule has 1 aromatic heterocycles. The number of hydrogen-bond donors (Lipinski definition) is 1. The van der Waals surface area contributed by atoms with Gasteiger partial charge in [0.1, 0.15) is 5.82 Å². The maximum Gasteiger partial charge on any atom is 0.451 e. The second kappa shape index (κ2) is 5.54. The zero-order valence-corrected chi connectivity index (χ0v) is 11.7. The Morgan fingerprint density at radius 1 is 1.33 bits per heavy atom. The topological polar surface area (TPSA) is 55.2 Å². The lowest BCUT2D eigenvalue weighted by molar-refractivity contribution is -0.148. The number of alkyl halides is 3. The summed E-state index contributed by atoms with van der Waals surface area (Å²) in [6.07, 6.45) is -3.29. The minimum Gasteiger partial charge on any atom is -0.380 e. The quantitative estimate of drug-likeness (QED) is 0.881. The normalized spacial score (nSPS) is 27.0. The summed E-state index contributed by atoms with van der Waals surface area (Å²) in [4.78, 5) is 2.11. The van der Waals surface area contributed by atoms with Crippen LogP contribution in [0.15, 0.2) is 0 Å². The lowest BCUT2D eigenvalue weighted by Gasteiger charge is -2.29. The van der Waals surface area contributed by atoms with Crippen LogP contribution >= 0.6 is 0 Å². The predicted molar refractivity (Wildman–Crippen MR) is 67.5 cm³/mol. The lowest BCUT2D eigenvalue weighted by atomic mass is 10.2. The SMILES string of the molecule is COC1CNC(CN2CCn3c(nnc3C(F)(F)F)C2)C1. The summed E-state index contributed by atoms with van der Waals surface area (Å²) in [5, 5.41) is 10.3. The average Bonchev–Trinajstić information content (AvgIpc) is 3.03. The summed E-state index contributed by atoms with van der Waals surface area (Å²) in [6, 6.07) is 0.312. The third kappa shape index (κ3) is 3.04. The van der Waals surface area contributed by atoms with E-state index in [2.05, 4.69) is 20.4 Å². The van der Waals surface area contributed by atoms with E-state index in [0.29, 0.717) is 25.0 Å². The Morgan fingerprint density at radius 2 is 2.14 bits per heavy atom. The molecular weight excluding hydrogens is 287 g/mol. The van der Waals surface area contributed by atoms with Gasteiger partial charge in [-0.3, -0.25) is 4.90 Å². The van der Waals surface area contributed by atoms with Crippen molar-refractivity contribution in [2.24, 2.45) is 0 Å². The molecule has 9 heteroatoms. The molecule has 0 spiro atoms. The van der Waals surface area contributed by atoms with Crippen molar-refractivity contribution in [2.75, 3.05) is 26.7 Å². The van der Waals surface area contributed by atoms with Gasteiger partial charge in [-0.25, -0.2) is 0 Å². The Kier molecular flexibility index (Phi) is 3.89. The summed E-state index contributed by atoms with van der Waals surface area (Å²) < 4.78 is 44.7. The van der Waals surface area contributed by atoms with Crippen molar-refractivity contribution in [1.29, 1.82) is 0 Å². The van der Waals surface area contributed by atoms with Gasteiger partial charge in [-0.2, -0.15) is 13.2 Å². The number of hydrogen-bond acceptors (Lipinski definition) is 5. The molecule has 0 aromatic carbocycles. The molecule has 0 radical (unpaired) electrons. The molecule has 0 amide bonds. The first-order valence-electron chi connectivity index (χ1n) is 6.95. The van der Waals surface area contributed by atoms with E-state index < -0.39 is 12.0 Å². The van der Waals surface area contributed by atoms with Crippen molar-refractivity contribution in [3.8, 4) is 0 Å². The Balaban J connectivity index is 1.62. The second-order valence-corrected chi connectivity index (χ2v) is 5.52. The van der Waals surface area contributed by atoms with E-state index in [4.69, 9.17) is 4.74 Å². The first kappa shape index (κ1) is 14.7. The van der Waals surface area contributed by atoms with Crippen LogP contribution in [-0.4, -0.2) is 58.6 Å². The molecule has 1 aromatic rings. The van der Waals surface area contributed by atoms with E-state index in [1.807, 2.05) is 0 Å². The summed E-state index contributed by atoms with van der Waals surface area (Å²) in [5.41, 5.74) is 0. The van der Waals surface area contributed by atoms with Gasteiger partial charge >= 0.3 is 6.18 Å². The van der Waals surface area contributed by atoms with Crippen LogP contribution in [0, 0.1) is 0 Å². The number of halogens is 3. The smallest absolute Gasteiger partial charge is 0.380 e. The molecular formula is C12H18F3N5O. The highest BCUT2D eigenvalue weighted by Crippen LogP contribution is 2.29. The fraction of sp³-hybridized carbons (Fsp3) is 0.833. The summed E-state index contributed by atoms with van der Waals surface area (Å²) in [5.74, 6) is -0.509. The first-order valence-corrected chi connectivity index (χ1v) is 6.95. The first-order chi connectivity index (χ1) is 9.97. The van der Waals surface area contributed by atoms with Crippen molar-refractivity contribution >= 4 is 0 Å². The summed E-state index contributed by atoms with van der Waals surface area (Å²) in [7, 11) is 1.69. The highest BCUT2D eigenvalue weighted by Gasteiger charge is 2.39. The minimum atomic E-state index is -4.44. The maximum atomic E-state index is 12.8. The van der Waals surface area contributed by atoms with E-state index in [1.165, 1.54) is 4.57 Å². The highest BCUT2D eigenvalue weighted by molar-refractivity contribution is 5.02. The molecule has 2 aliphatic rings. The number of rotatable bonds is 3. The van der Waals surface area contributed by atoms with E-state index in [0.717, 1.165) is 19.5 Å². The van der Waals surface area contributed by atoms with E-state index in [1.54, 1.807) is 7.11 Å². The van der Waals surface area contributed by atoms with Gasteiger partial charge in [0, 0.05) is 39.3 Å². The van der Waals surface area contributed by atoms with Crippen molar-refractivity contribution < 1.29 is 17.9 Å². The molecule has 0 aliphatic carbocycles. The number of nitrogens with one attached hydrogen (secondary N) is 1. The lowest BCUT2D eigenvalue weighted by Crippen LogP contribution is -2.42. The van der Waals surface area contributed by atoms with Crippen LogP contribution < -0.4 is 5.32 Å². The van der Waals surface area contributed by atoms with Crippen LogP contribution in [0.5, 0.6) is 0 Å². The van der Waals surface area contributed by atoms with Crippen LogP contribution in [0.2, 0.25) is 0 Å². The zero-order valence-electron chi connectivity index (χ0n) is 11.7. The van der Waals surface area contributed by atoms with Gasteiger partial charge in [-0.05, 0) is 6.42 Å². The number of ether oxygens (including phenoxy) is 1. The van der Waals surface area contributed by atoms with Gasteiger partial charge in [0.25, 0.3) is 0 Å². The monoisotopic (exact) mass is 305 g/mol. The fourth-order valence-corrected chi connectivity index (χ4v) is 2.99. The van der Waals surface area contributed by atoms with Crippen LogP contribution in [0.3, 0.4) is 0 Å². The van der Waals surface area contributed by atoms with E-state index >= 15 is 0 Å². The number of methoxy groups -OCH3 is 1. The molecule has 118 valence electrons. The van der Waals surface area contributed by atoms with Crippen LogP contribution in [0.4, 0.5) is 13.2 Å². The Hall–Kier alpha value is -1.19. The maximum absolute atomic E-state index is 12.8. The minimum absolute atomic E-state index is 0.222. The standard InChI is InChI=1S/C12H18F3N5O/c1-21-9-4-8(16-5-9)6-19-2-3-20-10(7-19)17-18-11(20)12(13,14)15/h8-9,16H,2-7H2,1H3. The van der Waals surface area contributed by atoms with E-state index in [9.17, 15) is 13.2 Å². The molecule has 0 bridgehead atoms. The largest absolute Gasteiger partial charge is 0.451 e. The van der Waals surface area contributed by atoms with Gasteiger partial charge in [0.2, 0.25) is 5.82 Å². The van der Waals surface area contributed by atoms with Crippen LogP contribution in [-0.2, 0) is 24.0 Å². The molecule has 2 unspecified atom stereocenters. The Bertz CT molecular complexity index is 504. The molecule has 3 rings (SSSR count). The molecule has 2 atom stereocenters. The van der Waals surface area contributed by atoms with Crippen molar-refractivity contribution in [1.82, 2.24) is 25.0 Å². The third-order valence-corrected chi connectivity index (χ3v) is 4.08. The fourth-order valence-electron chi connectivity index (χ4n) is 2.99. The Morgan fingerprint density at radius 3 is 2.81 bits per heavy atom. The van der Waals surface area contributed by atoms with Gasteiger partial charge in [0.05, 0.1) is 12.6 Å². The highest BCUT2D eigenvalue weighted by atomic mass is 19.4. The molecule has 2 aliphatic heterocycles. The van der Waals surface area contributed by atoms with Crippen LogP contribution in [0.25, 0.3) is 0 Å². The molecule has 1 fully saturated rings. The molecule has 1 N–H and O–H groups in total. The van der Waals surface area contributed by atoms with Gasteiger partial charge in [-0.1, -0.05) is 0 Å². The van der Waals surface area contributed by atoms with Crippen LogP contribution in [0.1, 0.15) is 18.1 Å². The average molecular weight is 305 g/mol. The molecule has 6 nitrogen and oxygen atoms in total. The van der Waals surface area contributed by atoms with Gasteiger partial charge in [0.15, 0.2) is 0 Å². The number of nitrogens with zero attached hydrogens (tertiary/aromatic N) is 4. The predicted octanol–water partition coefficient (Wildman–Crippen LogP) is 0.489. The summed E-state index contributed by atoms with van der Waals surface area (Å²) in [6.45, 7) is 2.86. The van der Waals surface area contributed by atoms with Gasteiger partial charge in [-0.15, -0.1) is 10.2 Å². The third-order valence-electron chi connectivity index (χ3n) is 4.08.